The smallest absolute Gasteiger partial charge is 0.137 e. The second-order valence-corrected chi connectivity index (χ2v) is 10.4. The number of para-hydroxylation sites is 1. The highest BCUT2D eigenvalue weighted by Crippen LogP contribution is 2.50. The molecule has 1 rings (SSSR count). The van der Waals surface area contributed by atoms with Crippen LogP contribution in [0.15, 0.2) is 29.2 Å². The van der Waals surface area contributed by atoms with Gasteiger partial charge in [-0.3, -0.25) is 0 Å². The van der Waals surface area contributed by atoms with E-state index in [4.69, 9.17) is 16.3 Å². The van der Waals surface area contributed by atoms with Crippen LogP contribution in [-0.4, -0.2) is 12.3 Å². The molecular weight excluding hydrogens is 303 g/mol. The van der Waals surface area contributed by atoms with Crippen LogP contribution in [0.5, 0.6) is 5.75 Å². The first-order chi connectivity index (χ1) is 9.61. The van der Waals surface area contributed by atoms with Crippen molar-refractivity contribution >= 4 is 30.7 Å². The Morgan fingerprint density at radius 3 is 2.05 bits per heavy atom. The Labute approximate surface area is 135 Å². The van der Waals surface area contributed by atoms with Crippen molar-refractivity contribution in [2.75, 3.05) is 12.3 Å². The number of rotatable bonds is 10. The maximum atomic E-state index is 6.28. The third-order valence-electron chi connectivity index (χ3n) is 3.33. The lowest BCUT2D eigenvalue weighted by molar-refractivity contribution is 0.584. The van der Waals surface area contributed by atoms with Crippen LogP contribution in [0.2, 0.25) is 0 Å². The molecule has 20 heavy (non-hydrogen) atoms. The molecule has 0 heterocycles. The van der Waals surface area contributed by atoms with E-state index >= 15 is 0 Å². The standard InChI is InChI=1S/C16H27OPS2/c1-3-5-9-13-18(20,14-10-6-4-2)17-15-11-7-8-12-16(15)19/h7-8,11-12,19H,3-6,9-10,13-14H2,1-2H3. The zero-order valence-electron chi connectivity index (χ0n) is 12.7. The van der Waals surface area contributed by atoms with Crippen LogP contribution in [0.1, 0.15) is 52.4 Å². The van der Waals surface area contributed by atoms with E-state index < -0.39 is 6.26 Å². The van der Waals surface area contributed by atoms with E-state index in [2.05, 4.69) is 26.5 Å². The van der Waals surface area contributed by atoms with Crippen molar-refractivity contribution in [2.24, 2.45) is 0 Å². The molecule has 4 heteroatoms. The molecule has 1 aromatic carbocycles. The molecule has 0 saturated carbocycles. The highest BCUT2D eigenvalue weighted by atomic mass is 32.4. The fourth-order valence-electron chi connectivity index (χ4n) is 2.12. The molecule has 0 aliphatic carbocycles. The topological polar surface area (TPSA) is 9.23 Å². The number of hydrogen-bond donors (Lipinski definition) is 1. The monoisotopic (exact) mass is 330 g/mol. The summed E-state index contributed by atoms with van der Waals surface area (Å²) in [6.07, 6.45) is 7.71. The van der Waals surface area contributed by atoms with Crippen molar-refractivity contribution < 1.29 is 4.52 Å². The minimum absolute atomic E-state index is 0.868. The maximum Gasteiger partial charge on any atom is 0.137 e. The van der Waals surface area contributed by atoms with Crippen molar-refractivity contribution in [3.05, 3.63) is 24.3 Å². The van der Waals surface area contributed by atoms with Gasteiger partial charge in [-0.2, -0.15) is 0 Å². The van der Waals surface area contributed by atoms with Crippen molar-refractivity contribution in [3.63, 3.8) is 0 Å². The van der Waals surface area contributed by atoms with Gasteiger partial charge >= 0.3 is 0 Å². The molecule has 0 radical (unpaired) electrons. The summed E-state index contributed by atoms with van der Waals surface area (Å²) in [5.41, 5.74) is 0. The highest BCUT2D eigenvalue weighted by molar-refractivity contribution is 8.12. The first-order valence-electron chi connectivity index (χ1n) is 7.67. The van der Waals surface area contributed by atoms with Crippen LogP contribution in [-0.2, 0) is 11.8 Å². The van der Waals surface area contributed by atoms with E-state index in [1.807, 2.05) is 24.3 Å². The average Bonchev–Trinajstić information content (AvgIpc) is 2.42. The summed E-state index contributed by atoms with van der Waals surface area (Å²) in [7, 11) is 0. The summed E-state index contributed by atoms with van der Waals surface area (Å²) in [4.78, 5) is 0.896. The molecule has 114 valence electrons. The lowest BCUT2D eigenvalue weighted by Gasteiger charge is -2.24. The Kier molecular flexibility index (Phi) is 8.91. The van der Waals surface area contributed by atoms with Crippen LogP contribution in [0, 0.1) is 0 Å². The minimum Gasteiger partial charge on any atom is -0.465 e. The van der Waals surface area contributed by atoms with E-state index in [0.717, 1.165) is 23.0 Å². The second-order valence-electron chi connectivity index (χ2n) is 5.23. The van der Waals surface area contributed by atoms with Crippen LogP contribution >= 0.6 is 18.9 Å². The molecule has 0 unspecified atom stereocenters. The second kappa shape index (κ2) is 9.87. The lowest BCUT2D eigenvalue weighted by Crippen LogP contribution is -2.03. The van der Waals surface area contributed by atoms with Crippen molar-refractivity contribution in [2.45, 2.75) is 57.3 Å². The molecule has 0 spiro atoms. The van der Waals surface area contributed by atoms with E-state index in [9.17, 15) is 0 Å². The van der Waals surface area contributed by atoms with E-state index in [0.29, 0.717) is 0 Å². The summed E-state index contributed by atoms with van der Waals surface area (Å²) in [5, 5.41) is 0. The molecule has 1 nitrogen and oxygen atoms in total. The summed E-state index contributed by atoms with van der Waals surface area (Å²) in [5.74, 6) is 0.868. The third-order valence-corrected chi connectivity index (χ3v) is 7.55. The van der Waals surface area contributed by atoms with Crippen LogP contribution < -0.4 is 4.52 Å². The Bertz CT molecular complexity index is 420. The van der Waals surface area contributed by atoms with E-state index in [-0.39, 0.29) is 0 Å². The third kappa shape index (κ3) is 6.65. The average molecular weight is 330 g/mol. The summed E-state index contributed by atoms with van der Waals surface area (Å²) >= 11 is 10.4. The zero-order valence-corrected chi connectivity index (χ0v) is 15.3. The van der Waals surface area contributed by atoms with Crippen LogP contribution in [0.4, 0.5) is 0 Å². The molecule has 0 amide bonds. The zero-order chi connectivity index (χ0) is 14.8. The molecule has 0 saturated heterocycles. The predicted octanol–water partition coefficient (Wildman–Crippen LogP) is 6.13. The Morgan fingerprint density at radius 1 is 1.00 bits per heavy atom. The van der Waals surface area contributed by atoms with Gasteiger partial charge in [0.2, 0.25) is 0 Å². The molecule has 0 atom stereocenters. The molecule has 1 aromatic rings. The van der Waals surface area contributed by atoms with E-state index in [1.165, 1.54) is 38.5 Å². The summed E-state index contributed by atoms with van der Waals surface area (Å²) in [6, 6.07) is 7.93. The largest absolute Gasteiger partial charge is 0.465 e. The van der Waals surface area contributed by atoms with Gasteiger partial charge in [0.1, 0.15) is 12.0 Å². The molecule has 0 aliphatic rings. The minimum atomic E-state index is -1.74. The van der Waals surface area contributed by atoms with Gasteiger partial charge in [-0.15, -0.1) is 12.6 Å². The Morgan fingerprint density at radius 2 is 1.55 bits per heavy atom. The van der Waals surface area contributed by atoms with Gasteiger partial charge in [0, 0.05) is 17.2 Å². The SMILES string of the molecule is CCCCCP(=S)(CCCCC)Oc1ccccc1S. The highest BCUT2D eigenvalue weighted by Gasteiger charge is 2.19. The first kappa shape index (κ1) is 18.1. The van der Waals surface area contributed by atoms with Gasteiger partial charge in [0.05, 0.1) is 0 Å². The van der Waals surface area contributed by atoms with Gasteiger partial charge in [0.25, 0.3) is 0 Å². The van der Waals surface area contributed by atoms with Crippen molar-refractivity contribution in [1.29, 1.82) is 0 Å². The Balaban J connectivity index is 2.70. The van der Waals surface area contributed by atoms with Gasteiger partial charge < -0.3 is 4.52 Å². The molecule has 0 aromatic heterocycles. The van der Waals surface area contributed by atoms with Crippen molar-refractivity contribution in [1.82, 2.24) is 0 Å². The number of unbranched alkanes of at least 4 members (excludes halogenated alkanes) is 4. The van der Waals surface area contributed by atoms with E-state index in [1.54, 1.807) is 0 Å². The Hall–Kier alpha value is 0.0200. The molecular formula is C16H27OPS2. The van der Waals surface area contributed by atoms with Crippen molar-refractivity contribution in [3.8, 4) is 5.75 Å². The molecule has 0 N–H and O–H groups in total. The quantitative estimate of drug-likeness (QED) is 0.314. The number of benzene rings is 1. The normalized spacial score (nSPS) is 11.6. The fourth-order valence-corrected chi connectivity index (χ4v) is 5.75. The van der Waals surface area contributed by atoms with Crippen LogP contribution in [0.3, 0.4) is 0 Å². The lowest BCUT2D eigenvalue weighted by atomic mass is 10.3. The molecule has 0 fully saturated rings. The van der Waals surface area contributed by atoms with Gasteiger partial charge in [0.15, 0.2) is 0 Å². The summed E-state index contributed by atoms with van der Waals surface area (Å²) < 4.78 is 6.28. The number of hydrogen-bond acceptors (Lipinski definition) is 3. The van der Waals surface area contributed by atoms with Gasteiger partial charge in [-0.1, -0.05) is 63.5 Å². The maximum absolute atomic E-state index is 6.28. The molecule has 0 aliphatic heterocycles. The first-order valence-corrected chi connectivity index (χ1v) is 11.2. The van der Waals surface area contributed by atoms with Gasteiger partial charge in [-0.05, 0) is 25.0 Å². The van der Waals surface area contributed by atoms with Gasteiger partial charge in [-0.25, -0.2) is 0 Å². The summed E-state index contributed by atoms with van der Waals surface area (Å²) in [6.45, 7) is 4.45. The molecule has 0 bridgehead atoms. The van der Waals surface area contributed by atoms with Crippen LogP contribution in [0.25, 0.3) is 0 Å². The fraction of sp³-hybridized carbons (Fsp3) is 0.625. The predicted molar refractivity (Wildman–Crippen MR) is 97.4 cm³/mol. The number of thiol groups is 1.